The second kappa shape index (κ2) is 3.70. The summed E-state index contributed by atoms with van der Waals surface area (Å²) in [7, 11) is 0. The van der Waals surface area contributed by atoms with E-state index in [1.165, 1.54) is 4.90 Å². The number of nitrogens with two attached hydrogens (primary N) is 1. The maximum absolute atomic E-state index is 12.4. The molecular weight excluding hydrogens is 220 g/mol. The van der Waals surface area contributed by atoms with E-state index in [1.54, 1.807) is 13.8 Å². The van der Waals surface area contributed by atoms with Gasteiger partial charge >= 0.3 is 5.97 Å². The summed E-state index contributed by atoms with van der Waals surface area (Å²) < 4.78 is 0. The van der Waals surface area contributed by atoms with Crippen LogP contribution in [0, 0.1) is 5.92 Å². The minimum absolute atomic E-state index is 0.206. The Kier molecular flexibility index (Phi) is 2.69. The van der Waals surface area contributed by atoms with Crippen LogP contribution in [0.5, 0.6) is 0 Å². The molecule has 1 aliphatic carbocycles. The second-order valence-corrected chi connectivity index (χ2v) is 5.70. The fourth-order valence-corrected chi connectivity index (χ4v) is 2.66. The van der Waals surface area contributed by atoms with Crippen LogP contribution in [0.15, 0.2) is 0 Å². The molecule has 0 radical (unpaired) electrons. The molecule has 1 saturated heterocycles. The third-order valence-electron chi connectivity index (χ3n) is 4.23. The number of aliphatic carboxylic acids is 1. The molecule has 1 amide bonds. The average molecular weight is 240 g/mol. The summed E-state index contributed by atoms with van der Waals surface area (Å²) in [4.78, 5) is 25.2. The molecule has 0 bridgehead atoms. The van der Waals surface area contributed by atoms with E-state index in [0.29, 0.717) is 13.0 Å². The number of carboxylic acid groups (broad SMARTS) is 1. The summed E-state index contributed by atoms with van der Waals surface area (Å²) in [5, 5.41) is 9.28. The predicted octanol–water partition coefficient (Wildman–Crippen LogP) is 0.579. The molecule has 1 saturated carbocycles. The van der Waals surface area contributed by atoms with Gasteiger partial charge in [-0.2, -0.15) is 0 Å². The standard InChI is InChI=1S/C12H20N2O3/c1-11(10(16)17)6-3-7-14(11)9(15)12(2,13)8-4-5-8/h8H,3-7,13H2,1-2H3,(H,16,17). The molecule has 5 heteroatoms. The van der Waals surface area contributed by atoms with Gasteiger partial charge < -0.3 is 15.7 Å². The van der Waals surface area contributed by atoms with E-state index in [2.05, 4.69) is 0 Å². The van der Waals surface area contributed by atoms with Gasteiger partial charge in [-0.1, -0.05) is 0 Å². The highest BCUT2D eigenvalue weighted by atomic mass is 16.4. The molecule has 0 aromatic heterocycles. The third-order valence-corrected chi connectivity index (χ3v) is 4.23. The lowest BCUT2D eigenvalue weighted by Crippen LogP contribution is -2.61. The molecule has 0 spiro atoms. The van der Waals surface area contributed by atoms with E-state index >= 15 is 0 Å². The lowest BCUT2D eigenvalue weighted by molar-refractivity contribution is -0.157. The smallest absolute Gasteiger partial charge is 0.329 e. The maximum Gasteiger partial charge on any atom is 0.329 e. The second-order valence-electron chi connectivity index (χ2n) is 5.70. The molecule has 96 valence electrons. The van der Waals surface area contributed by atoms with Gasteiger partial charge in [-0.05, 0) is 45.4 Å². The van der Waals surface area contributed by atoms with E-state index in [0.717, 1.165) is 19.3 Å². The Morgan fingerprint density at radius 3 is 2.53 bits per heavy atom. The van der Waals surface area contributed by atoms with Crippen molar-refractivity contribution in [3.05, 3.63) is 0 Å². The van der Waals surface area contributed by atoms with Crippen LogP contribution in [0.4, 0.5) is 0 Å². The van der Waals surface area contributed by atoms with Gasteiger partial charge in [0.15, 0.2) is 0 Å². The van der Waals surface area contributed by atoms with Gasteiger partial charge in [0.1, 0.15) is 5.54 Å². The molecule has 3 N–H and O–H groups in total. The topological polar surface area (TPSA) is 83.6 Å². The number of carbonyl (C=O) groups excluding carboxylic acids is 1. The third kappa shape index (κ3) is 1.82. The van der Waals surface area contributed by atoms with Gasteiger partial charge in [0, 0.05) is 6.54 Å². The van der Waals surface area contributed by atoms with Crippen molar-refractivity contribution in [3.63, 3.8) is 0 Å². The zero-order valence-electron chi connectivity index (χ0n) is 10.4. The Hall–Kier alpha value is -1.10. The van der Waals surface area contributed by atoms with Crippen molar-refractivity contribution >= 4 is 11.9 Å². The molecule has 2 atom stereocenters. The van der Waals surface area contributed by atoms with Gasteiger partial charge in [-0.3, -0.25) is 4.79 Å². The molecule has 2 aliphatic rings. The van der Waals surface area contributed by atoms with Crippen LogP contribution in [0.3, 0.4) is 0 Å². The molecule has 1 aliphatic heterocycles. The van der Waals surface area contributed by atoms with Gasteiger partial charge in [0.2, 0.25) is 5.91 Å². The first kappa shape index (κ1) is 12.4. The number of hydrogen-bond acceptors (Lipinski definition) is 3. The van der Waals surface area contributed by atoms with Gasteiger partial charge in [0.25, 0.3) is 0 Å². The van der Waals surface area contributed by atoms with E-state index in [4.69, 9.17) is 5.73 Å². The number of amides is 1. The summed E-state index contributed by atoms with van der Waals surface area (Å²) >= 11 is 0. The highest BCUT2D eigenvalue weighted by Crippen LogP contribution is 2.41. The number of carbonyl (C=O) groups is 2. The predicted molar refractivity (Wildman–Crippen MR) is 62.3 cm³/mol. The molecule has 2 rings (SSSR count). The first-order valence-corrected chi connectivity index (χ1v) is 6.14. The van der Waals surface area contributed by atoms with Crippen molar-refractivity contribution < 1.29 is 14.7 Å². The highest BCUT2D eigenvalue weighted by molar-refractivity contribution is 5.92. The first-order valence-electron chi connectivity index (χ1n) is 6.14. The number of carboxylic acids is 1. The molecule has 0 aromatic carbocycles. The van der Waals surface area contributed by atoms with Crippen molar-refractivity contribution in [2.24, 2.45) is 11.7 Å². The normalized spacial score (nSPS) is 32.3. The average Bonchev–Trinajstić information content (AvgIpc) is 3.02. The Labute approximate surface area is 101 Å². The van der Waals surface area contributed by atoms with Crippen molar-refractivity contribution in [2.45, 2.75) is 50.6 Å². The van der Waals surface area contributed by atoms with Crippen molar-refractivity contribution in [3.8, 4) is 0 Å². The SMILES string of the molecule is CC(N)(C(=O)N1CCCC1(C)C(=O)O)C1CC1. The summed E-state index contributed by atoms with van der Waals surface area (Å²) in [5.41, 5.74) is 4.10. The Balaban J connectivity index is 2.21. The minimum Gasteiger partial charge on any atom is -0.480 e. The molecule has 5 nitrogen and oxygen atoms in total. The molecule has 0 aromatic rings. The Morgan fingerprint density at radius 1 is 1.47 bits per heavy atom. The van der Waals surface area contributed by atoms with Crippen LogP contribution in [-0.4, -0.2) is 39.5 Å². The van der Waals surface area contributed by atoms with Gasteiger partial charge in [-0.15, -0.1) is 0 Å². The molecule has 2 unspecified atom stereocenters. The van der Waals surface area contributed by atoms with Gasteiger partial charge in [0.05, 0.1) is 5.54 Å². The van der Waals surface area contributed by atoms with Crippen molar-refractivity contribution in [1.82, 2.24) is 4.90 Å². The fourth-order valence-electron chi connectivity index (χ4n) is 2.66. The summed E-state index contributed by atoms with van der Waals surface area (Å²) in [6.45, 7) is 3.85. The van der Waals surface area contributed by atoms with E-state index in [9.17, 15) is 14.7 Å². The highest BCUT2D eigenvalue weighted by Gasteiger charge is 2.53. The maximum atomic E-state index is 12.4. The zero-order chi connectivity index (χ0) is 12.8. The van der Waals surface area contributed by atoms with Crippen molar-refractivity contribution in [2.75, 3.05) is 6.54 Å². The van der Waals surface area contributed by atoms with Crippen LogP contribution in [0.1, 0.15) is 39.5 Å². The number of rotatable bonds is 3. The zero-order valence-corrected chi connectivity index (χ0v) is 10.4. The summed E-state index contributed by atoms with van der Waals surface area (Å²) in [6.07, 6.45) is 3.18. The monoisotopic (exact) mass is 240 g/mol. The minimum atomic E-state index is -1.08. The molecule has 17 heavy (non-hydrogen) atoms. The number of hydrogen-bond donors (Lipinski definition) is 2. The lowest BCUT2D eigenvalue weighted by Gasteiger charge is -2.37. The Morgan fingerprint density at radius 2 is 2.06 bits per heavy atom. The van der Waals surface area contributed by atoms with Gasteiger partial charge in [-0.25, -0.2) is 4.79 Å². The van der Waals surface area contributed by atoms with Crippen LogP contribution in [0.25, 0.3) is 0 Å². The van der Waals surface area contributed by atoms with Crippen LogP contribution in [0.2, 0.25) is 0 Å². The van der Waals surface area contributed by atoms with E-state index in [1.807, 2.05) is 0 Å². The largest absolute Gasteiger partial charge is 0.480 e. The molecule has 2 fully saturated rings. The van der Waals surface area contributed by atoms with E-state index < -0.39 is 17.0 Å². The molecular formula is C12H20N2O3. The van der Waals surface area contributed by atoms with Crippen molar-refractivity contribution in [1.29, 1.82) is 0 Å². The Bertz CT molecular complexity index is 363. The van der Waals surface area contributed by atoms with Crippen LogP contribution >= 0.6 is 0 Å². The van der Waals surface area contributed by atoms with Crippen LogP contribution in [-0.2, 0) is 9.59 Å². The summed E-state index contributed by atoms with van der Waals surface area (Å²) in [6, 6.07) is 0. The fraction of sp³-hybridized carbons (Fsp3) is 0.833. The number of likely N-dealkylation sites (tertiary alicyclic amines) is 1. The van der Waals surface area contributed by atoms with Crippen LogP contribution < -0.4 is 5.73 Å². The van der Waals surface area contributed by atoms with E-state index in [-0.39, 0.29) is 11.8 Å². The quantitative estimate of drug-likeness (QED) is 0.755. The summed E-state index contributed by atoms with van der Waals surface area (Å²) in [5.74, 6) is -0.925. The first-order chi connectivity index (χ1) is 7.80. The number of nitrogens with zero attached hydrogens (tertiary/aromatic N) is 1. The molecule has 1 heterocycles. The lowest BCUT2D eigenvalue weighted by atomic mass is 9.92.